The lowest BCUT2D eigenvalue weighted by Crippen LogP contribution is -2.39. The highest BCUT2D eigenvalue weighted by atomic mass is 16.7. The van der Waals surface area contributed by atoms with Crippen LogP contribution in [0.2, 0.25) is 0 Å². The zero-order valence-corrected chi connectivity index (χ0v) is 12.1. The Bertz CT molecular complexity index is 530. The lowest BCUT2D eigenvalue weighted by atomic mass is 9.90. The monoisotopic (exact) mass is 292 g/mol. The van der Waals surface area contributed by atoms with Gasteiger partial charge >= 0.3 is 0 Å². The van der Waals surface area contributed by atoms with Gasteiger partial charge in [-0.1, -0.05) is 6.07 Å². The molecule has 21 heavy (non-hydrogen) atoms. The first-order valence-corrected chi connectivity index (χ1v) is 7.37. The van der Waals surface area contributed by atoms with Crippen molar-refractivity contribution in [1.82, 2.24) is 0 Å². The second-order valence-electron chi connectivity index (χ2n) is 5.80. The van der Waals surface area contributed by atoms with Gasteiger partial charge in [0, 0.05) is 24.9 Å². The van der Waals surface area contributed by atoms with Crippen molar-refractivity contribution < 1.29 is 14.4 Å². The number of aryl methyl sites for hydroxylation is 1. The summed E-state index contributed by atoms with van der Waals surface area (Å²) in [6.45, 7) is 3.19. The summed E-state index contributed by atoms with van der Waals surface area (Å²) in [5.41, 5.74) is 1.63. The lowest BCUT2D eigenvalue weighted by molar-refractivity contribution is -0.384. The Labute approximate surface area is 123 Å². The van der Waals surface area contributed by atoms with E-state index in [0.717, 1.165) is 31.2 Å². The minimum absolute atomic E-state index is 0.142. The van der Waals surface area contributed by atoms with Crippen molar-refractivity contribution in [3.8, 4) is 0 Å². The molecule has 1 saturated carbocycles. The minimum atomic E-state index is -0.391. The Morgan fingerprint density at radius 3 is 2.57 bits per heavy atom. The number of benzene rings is 1. The van der Waals surface area contributed by atoms with Crippen molar-refractivity contribution in [2.24, 2.45) is 0 Å². The topological polar surface area (TPSA) is 73.6 Å². The van der Waals surface area contributed by atoms with Gasteiger partial charge < -0.3 is 14.8 Å². The predicted octanol–water partition coefficient (Wildman–Crippen LogP) is 3.00. The normalized spacial score (nSPS) is 21.6. The summed E-state index contributed by atoms with van der Waals surface area (Å²) < 4.78 is 11.4. The molecule has 1 spiro atoms. The molecular weight excluding hydrogens is 272 g/mol. The van der Waals surface area contributed by atoms with Crippen molar-refractivity contribution in [2.45, 2.75) is 44.4 Å². The number of nitro benzene ring substituents is 1. The predicted molar refractivity (Wildman–Crippen MR) is 78.3 cm³/mol. The van der Waals surface area contributed by atoms with E-state index in [1.165, 1.54) is 0 Å². The second-order valence-corrected chi connectivity index (χ2v) is 5.80. The summed E-state index contributed by atoms with van der Waals surface area (Å²) in [7, 11) is 0. The molecule has 0 unspecified atom stereocenters. The average molecular weight is 292 g/mol. The van der Waals surface area contributed by atoms with E-state index in [4.69, 9.17) is 9.47 Å². The standard InChI is InChI=1S/C15H20N2O4/c1-11-2-3-13(14(10-11)17(18)19)16-12-4-6-15(7-5-12)20-8-9-21-15/h2-3,10,12,16H,4-9H2,1H3. The molecule has 0 amide bonds. The van der Waals surface area contributed by atoms with Gasteiger partial charge in [-0.25, -0.2) is 0 Å². The van der Waals surface area contributed by atoms with Crippen LogP contribution in [-0.2, 0) is 9.47 Å². The van der Waals surface area contributed by atoms with Crippen LogP contribution in [0.3, 0.4) is 0 Å². The van der Waals surface area contributed by atoms with Gasteiger partial charge in [-0.15, -0.1) is 0 Å². The number of nitrogens with zero attached hydrogens (tertiary/aromatic N) is 1. The molecule has 0 bridgehead atoms. The van der Waals surface area contributed by atoms with Crippen molar-refractivity contribution >= 4 is 11.4 Å². The Balaban J connectivity index is 1.66. The number of anilines is 1. The number of nitrogens with one attached hydrogen (secondary N) is 1. The molecule has 114 valence electrons. The Morgan fingerprint density at radius 1 is 1.29 bits per heavy atom. The largest absolute Gasteiger partial charge is 0.377 e. The molecule has 3 rings (SSSR count). The van der Waals surface area contributed by atoms with Crippen molar-refractivity contribution in [1.29, 1.82) is 0 Å². The number of hydrogen-bond acceptors (Lipinski definition) is 5. The molecule has 2 aliphatic rings. The van der Waals surface area contributed by atoms with Gasteiger partial charge in [-0.05, 0) is 31.4 Å². The first kappa shape index (κ1) is 14.3. The van der Waals surface area contributed by atoms with Gasteiger partial charge in [0.25, 0.3) is 5.69 Å². The third-order valence-corrected chi connectivity index (χ3v) is 4.27. The SMILES string of the molecule is Cc1ccc(NC2CCC3(CC2)OCCO3)c([N+](=O)[O-])c1. The molecule has 1 N–H and O–H groups in total. The minimum Gasteiger partial charge on any atom is -0.377 e. The van der Waals surface area contributed by atoms with Crippen LogP contribution in [-0.4, -0.2) is 30.0 Å². The van der Waals surface area contributed by atoms with Crippen LogP contribution < -0.4 is 5.32 Å². The highest BCUT2D eigenvalue weighted by Crippen LogP contribution is 2.37. The Kier molecular flexibility index (Phi) is 3.82. The van der Waals surface area contributed by atoms with Gasteiger partial charge in [-0.2, -0.15) is 0 Å². The third-order valence-electron chi connectivity index (χ3n) is 4.27. The second kappa shape index (κ2) is 5.61. The van der Waals surface area contributed by atoms with E-state index in [9.17, 15) is 10.1 Å². The summed E-state index contributed by atoms with van der Waals surface area (Å²) in [4.78, 5) is 10.8. The maximum atomic E-state index is 11.1. The molecule has 2 fully saturated rings. The number of hydrogen-bond donors (Lipinski definition) is 1. The number of rotatable bonds is 3. The molecule has 0 radical (unpaired) electrons. The van der Waals surface area contributed by atoms with E-state index in [2.05, 4.69) is 5.32 Å². The zero-order valence-electron chi connectivity index (χ0n) is 12.1. The summed E-state index contributed by atoms with van der Waals surface area (Å²) >= 11 is 0. The molecule has 1 aliphatic heterocycles. The smallest absolute Gasteiger partial charge is 0.292 e. The fourth-order valence-electron chi connectivity index (χ4n) is 3.12. The fraction of sp³-hybridized carbons (Fsp3) is 0.600. The van der Waals surface area contributed by atoms with Crippen LogP contribution in [0.15, 0.2) is 18.2 Å². The highest BCUT2D eigenvalue weighted by molar-refractivity contribution is 5.63. The molecule has 0 aromatic heterocycles. The molecule has 6 heteroatoms. The van der Waals surface area contributed by atoms with Gasteiger partial charge in [0.05, 0.1) is 18.1 Å². The summed E-state index contributed by atoms with van der Waals surface area (Å²) in [6, 6.07) is 5.52. The number of ether oxygens (including phenoxy) is 2. The van der Waals surface area contributed by atoms with E-state index in [0.29, 0.717) is 18.9 Å². The highest BCUT2D eigenvalue weighted by Gasteiger charge is 2.40. The molecule has 6 nitrogen and oxygen atoms in total. The van der Waals surface area contributed by atoms with Gasteiger partial charge in [-0.3, -0.25) is 10.1 Å². The average Bonchev–Trinajstić information content (AvgIpc) is 2.92. The van der Waals surface area contributed by atoms with Crippen LogP contribution in [0.5, 0.6) is 0 Å². The van der Waals surface area contributed by atoms with E-state index in [-0.39, 0.29) is 16.7 Å². The first-order chi connectivity index (χ1) is 10.1. The zero-order chi connectivity index (χ0) is 14.9. The van der Waals surface area contributed by atoms with E-state index in [1.807, 2.05) is 13.0 Å². The van der Waals surface area contributed by atoms with Crippen molar-refractivity contribution in [3.63, 3.8) is 0 Å². The summed E-state index contributed by atoms with van der Waals surface area (Å²) in [5, 5.41) is 14.5. The Hall–Kier alpha value is -1.66. The van der Waals surface area contributed by atoms with E-state index < -0.39 is 5.79 Å². The molecule has 1 saturated heterocycles. The van der Waals surface area contributed by atoms with E-state index in [1.54, 1.807) is 12.1 Å². The molecule has 0 atom stereocenters. The van der Waals surface area contributed by atoms with Gasteiger partial charge in [0.1, 0.15) is 5.69 Å². The van der Waals surface area contributed by atoms with Crippen LogP contribution >= 0.6 is 0 Å². The summed E-state index contributed by atoms with van der Waals surface area (Å²) in [6.07, 6.45) is 3.46. The fourth-order valence-corrected chi connectivity index (χ4v) is 3.12. The third kappa shape index (κ3) is 3.01. The molecule has 1 aliphatic carbocycles. The van der Waals surface area contributed by atoms with Crippen molar-refractivity contribution in [3.05, 3.63) is 33.9 Å². The molecule has 1 aromatic carbocycles. The van der Waals surface area contributed by atoms with Gasteiger partial charge in [0.15, 0.2) is 5.79 Å². The molecular formula is C15H20N2O4. The Morgan fingerprint density at radius 2 is 1.95 bits per heavy atom. The number of nitro groups is 1. The van der Waals surface area contributed by atoms with Crippen LogP contribution in [0.25, 0.3) is 0 Å². The van der Waals surface area contributed by atoms with Crippen LogP contribution in [0.1, 0.15) is 31.2 Å². The summed E-state index contributed by atoms with van der Waals surface area (Å²) in [5.74, 6) is -0.391. The van der Waals surface area contributed by atoms with Gasteiger partial charge in [0.2, 0.25) is 0 Å². The van der Waals surface area contributed by atoms with Crippen LogP contribution in [0.4, 0.5) is 11.4 Å². The van der Waals surface area contributed by atoms with Crippen LogP contribution in [0, 0.1) is 17.0 Å². The maximum absolute atomic E-state index is 11.1. The quantitative estimate of drug-likeness (QED) is 0.684. The maximum Gasteiger partial charge on any atom is 0.292 e. The molecule has 1 aromatic rings. The lowest BCUT2D eigenvalue weighted by Gasteiger charge is -2.35. The van der Waals surface area contributed by atoms with Crippen molar-refractivity contribution in [2.75, 3.05) is 18.5 Å². The first-order valence-electron chi connectivity index (χ1n) is 7.37. The van der Waals surface area contributed by atoms with E-state index >= 15 is 0 Å². The molecule has 1 heterocycles.